The first-order valence-corrected chi connectivity index (χ1v) is 9.66. The van der Waals surface area contributed by atoms with Crippen molar-refractivity contribution in [1.82, 2.24) is 14.5 Å². The molecule has 1 saturated carbocycles. The van der Waals surface area contributed by atoms with Gasteiger partial charge in [-0.15, -0.1) is 0 Å². The van der Waals surface area contributed by atoms with Crippen LogP contribution in [0.1, 0.15) is 38.5 Å². The normalized spacial score (nSPS) is 17.1. The summed E-state index contributed by atoms with van der Waals surface area (Å²) < 4.78 is 30.2. The minimum atomic E-state index is -3.57. The lowest BCUT2D eigenvalue weighted by atomic mass is 10.1. The predicted octanol–water partition coefficient (Wildman–Crippen LogP) is 3.09. The van der Waals surface area contributed by atoms with Gasteiger partial charge in [0.05, 0.1) is 0 Å². The van der Waals surface area contributed by atoms with E-state index in [1.807, 2.05) is 30.3 Å². The Hall–Kier alpha value is -1.66. The van der Waals surface area contributed by atoms with Crippen LogP contribution in [0, 0.1) is 0 Å². The molecule has 1 fully saturated rings. The minimum absolute atomic E-state index is 0.0336. The zero-order valence-corrected chi connectivity index (χ0v) is 14.2. The predicted molar refractivity (Wildman–Crippen MR) is 90.5 cm³/mol. The maximum atomic E-state index is 12.9. The summed E-state index contributed by atoms with van der Waals surface area (Å²) in [5.41, 5.74) is 1.32. The average molecular weight is 333 g/mol. The topological polar surface area (TPSA) is 64.0 Å². The third-order valence-electron chi connectivity index (χ3n) is 4.31. The molecule has 1 aliphatic rings. The van der Waals surface area contributed by atoms with E-state index in [0.29, 0.717) is 5.69 Å². The van der Waals surface area contributed by atoms with Crippen molar-refractivity contribution in [2.75, 3.05) is 0 Å². The maximum absolute atomic E-state index is 12.9. The summed E-state index contributed by atoms with van der Waals surface area (Å²) in [5, 5.41) is 4.36. The lowest BCUT2D eigenvalue weighted by Crippen LogP contribution is -2.34. The number of rotatable bonds is 4. The molecule has 23 heavy (non-hydrogen) atoms. The largest absolute Gasteiger partial charge is 0.274 e. The zero-order chi connectivity index (χ0) is 16.3. The van der Waals surface area contributed by atoms with E-state index in [1.165, 1.54) is 12.8 Å². The highest BCUT2D eigenvalue weighted by atomic mass is 32.2. The van der Waals surface area contributed by atoms with Crippen LogP contribution < -0.4 is 4.72 Å². The molecular weight excluding hydrogens is 310 g/mol. The van der Waals surface area contributed by atoms with Gasteiger partial charge in [-0.3, -0.25) is 4.68 Å². The second-order valence-electron chi connectivity index (χ2n) is 6.19. The van der Waals surface area contributed by atoms with Crippen molar-refractivity contribution in [3.05, 3.63) is 36.5 Å². The Balaban J connectivity index is 1.91. The molecule has 6 heteroatoms. The first kappa shape index (κ1) is 16.2. The van der Waals surface area contributed by atoms with Gasteiger partial charge < -0.3 is 0 Å². The van der Waals surface area contributed by atoms with E-state index < -0.39 is 10.0 Å². The molecule has 3 rings (SSSR count). The van der Waals surface area contributed by atoms with Gasteiger partial charge in [-0.25, -0.2) is 13.1 Å². The summed E-state index contributed by atoms with van der Waals surface area (Å²) in [5.74, 6) is 0. The van der Waals surface area contributed by atoms with Crippen LogP contribution in [-0.2, 0) is 17.1 Å². The van der Waals surface area contributed by atoms with Crippen molar-refractivity contribution in [3.8, 4) is 11.3 Å². The molecule has 0 radical (unpaired) electrons. The fourth-order valence-corrected chi connectivity index (χ4v) is 4.65. The summed E-state index contributed by atoms with van der Waals surface area (Å²) in [4.78, 5) is 0.260. The van der Waals surface area contributed by atoms with E-state index in [4.69, 9.17) is 0 Å². The number of benzene rings is 1. The molecule has 0 unspecified atom stereocenters. The number of nitrogens with zero attached hydrogens (tertiary/aromatic N) is 2. The van der Waals surface area contributed by atoms with Crippen molar-refractivity contribution in [2.45, 2.75) is 49.5 Å². The fourth-order valence-electron chi connectivity index (χ4n) is 3.14. The Labute approximate surface area is 137 Å². The van der Waals surface area contributed by atoms with E-state index >= 15 is 0 Å². The first-order chi connectivity index (χ1) is 11.1. The number of nitrogens with one attached hydrogen (secondary N) is 1. The van der Waals surface area contributed by atoms with Gasteiger partial charge in [0.2, 0.25) is 10.0 Å². The van der Waals surface area contributed by atoms with E-state index in [1.54, 1.807) is 17.9 Å². The SMILES string of the molecule is Cn1cc(S(=O)(=O)NC2CCCCCC2)c(-c2ccccc2)n1. The molecule has 0 aliphatic heterocycles. The van der Waals surface area contributed by atoms with E-state index in [-0.39, 0.29) is 10.9 Å². The molecule has 1 aliphatic carbocycles. The third-order valence-corrected chi connectivity index (χ3v) is 5.83. The summed E-state index contributed by atoms with van der Waals surface area (Å²) in [6, 6.07) is 9.48. The number of aromatic nitrogens is 2. The van der Waals surface area contributed by atoms with Gasteiger partial charge in [0, 0.05) is 24.8 Å². The molecule has 1 aromatic heterocycles. The van der Waals surface area contributed by atoms with Crippen molar-refractivity contribution in [3.63, 3.8) is 0 Å². The van der Waals surface area contributed by atoms with Gasteiger partial charge in [-0.05, 0) is 12.8 Å². The molecule has 0 atom stereocenters. The third kappa shape index (κ3) is 3.82. The molecule has 1 aromatic carbocycles. The molecule has 124 valence electrons. The number of hydrogen-bond acceptors (Lipinski definition) is 3. The molecule has 0 spiro atoms. The molecule has 1 heterocycles. The zero-order valence-electron chi connectivity index (χ0n) is 13.4. The lowest BCUT2D eigenvalue weighted by molar-refractivity contribution is 0.510. The van der Waals surface area contributed by atoms with Crippen molar-refractivity contribution in [1.29, 1.82) is 0 Å². The average Bonchev–Trinajstić information content (AvgIpc) is 2.76. The van der Waals surface area contributed by atoms with E-state index in [2.05, 4.69) is 9.82 Å². The van der Waals surface area contributed by atoms with E-state index in [9.17, 15) is 8.42 Å². The van der Waals surface area contributed by atoms with Crippen molar-refractivity contribution >= 4 is 10.0 Å². The number of aryl methyl sites for hydroxylation is 1. The van der Waals surface area contributed by atoms with Gasteiger partial charge in [-0.2, -0.15) is 5.10 Å². The summed E-state index contributed by atoms with van der Waals surface area (Å²) in [7, 11) is -1.82. The lowest BCUT2D eigenvalue weighted by Gasteiger charge is -2.16. The van der Waals surface area contributed by atoms with Crippen LogP contribution in [0.25, 0.3) is 11.3 Å². The summed E-state index contributed by atoms with van der Waals surface area (Å²) >= 11 is 0. The molecule has 5 nitrogen and oxygen atoms in total. The number of hydrogen-bond donors (Lipinski definition) is 1. The smallest absolute Gasteiger partial charge is 0.244 e. The standard InChI is InChI=1S/C17H23N3O2S/c1-20-13-16(17(18-20)14-9-5-4-6-10-14)23(21,22)19-15-11-7-2-3-8-12-15/h4-6,9-10,13,15,19H,2-3,7-8,11-12H2,1H3. The molecule has 0 amide bonds. The van der Waals surface area contributed by atoms with Gasteiger partial charge in [0.1, 0.15) is 10.6 Å². The highest BCUT2D eigenvalue weighted by molar-refractivity contribution is 7.89. The second-order valence-corrected chi connectivity index (χ2v) is 7.87. The number of sulfonamides is 1. The van der Waals surface area contributed by atoms with Gasteiger partial charge in [0.25, 0.3) is 0 Å². The van der Waals surface area contributed by atoms with Gasteiger partial charge >= 0.3 is 0 Å². The van der Waals surface area contributed by atoms with Gasteiger partial charge in [-0.1, -0.05) is 56.0 Å². The Morgan fingerprint density at radius 1 is 1.09 bits per heavy atom. The molecular formula is C17H23N3O2S. The van der Waals surface area contributed by atoms with Crippen molar-refractivity contribution in [2.24, 2.45) is 7.05 Å². The Morgan fingerprint density at radius 2 is 1.74 bits per heavy atom. The Bertz CT molecular complexity index is 745. The van der Waals surface area contributed by atoms with Crippen molar-refractivity contribution < 1.29 is 8.42 Å². The molecule has 0 bridgehead atoms. The Morgan fingerprint density at radius 3 is 2.39 bits per heavy atom. The minimum Gasteiger partial charge on any atom is -0.274 e. The summed E-state index contributed by atoms with van der Waals surface area (Å²) in [6.45, 7) is 0. The molecule has 1 N–H and O–H groups in total. The van der Waals surface area contributed by atoms with Crippen LogP contribution in [0.5, 0.6) is 0 Å². The Kier molecular flexibility index (Phi) is 4.82. The highest BCUT2D eigenvalue weighted by Gasteiger charge is 2.26. The second kappa shape index (κ2) is 6.84. The van der Waals surface area contributed by atoms with Crippen LogP contribution in [-0.4, -0.2) is 24.2 Å². The fraction of sp³-hybridized carbons (Fsp3) is 0.471. The molecule has 0 saturated heterocycles. The van der Waals surface area contributed by atoms with Crippen LogP contribution in [0.3, 0.4) is 0 Å². The molecule has 2 aromatic rings. The van der Waals surface area contributed by atoms with Crippen LogP contribution >= 0.6 is 0 Å². The quantitative estimate of drug-likeness (QED) is 0.875. The maximum Gasteiger partial charge on any atom is 0.244 e. The highest BCUT2D eigenvalue weighted by Crippen LogP contribution is 2.26. The van der Waals surface area contributed by atoms with Crippen LogP contribution in [0.15, 0.2) is 41.4 Å². The first-order valence-electron chi connectivity index (χ1n) is 8.18. The van der Waals surface area contributed by atoms with E-state index in [0.717, 1.165) is 31.2 Å². The monoisotopic (exact) mass is 333 g/mol. The van der Waals surface area contributed by atoms with Crippen LogP contribution in [0.2, 0.25) is 0 Å². The van der Waals surface area contributed by atoms with Gasteiger partial charge in [0.15, 0.2) is 0 Å². The summed E-state index contributed by atoms with van der Waals surface area (Å²) in [6.07, 6.45) is 7.99. The van der Waals surface area contributed by atoms with Crippen LogP contribution in [0.4, 0.5) is 0 Å².